The molecule has 2 aromatic heterocycles. The van der Waals surface area contributed by atoms with E-state index in [9.17, 15) is 14.4 Å². The highest BCUT2D eigenvalue weighted by Gasteiger charge is 2.39. The number of benzene rings is 3. The first-order valence-electron chi connectivity index (χ1n) is 14.9. The van der Waals surface area contributed by atoms with Crippen molar-refractivity contribution in [2.24, 2.45) is 0 Å². The summed E-state index contributed by atoms with van der Waals surface area (Å²) in [6.45, 7) is 0.237. The summed E-state index contributed by atoms with van der Waals surface area (Å²) in [5.41, 5.74) is 6.12. The molecule has 1 unspecified atom stereocenters. The lowest BCUT2D eigenvalue weighted by molar-refractivity contribution is -0.136. The van der Waals surface area contributed by atoms with E-state index in [0.29, 0.717) is 40.7 Å². The molecule has 5 aromatic rings. The van der Waals surface area contributed by atoms with Gasteiger partial charge in [-0.05, 0) is 55.0 Å². The molecule has 4 heterocycles. The number of carbonyl (C=O) groups excluding carboxylic acids is 3. The van der Waals surface area contributed by atoms with Gasteiger partial charge in [0.05, 0.1) is 22.9 Å². The fourth-order valence-electron chi connectivity index (χ4n) is 5.59. The van der Waals surface area contributed by atoms with Crippen LogP contribution in [-0.4, -0.2) is 54.8 Å². The number of imide groups is 1. The molecule has 3 amide bonds. The maximum atomic E-state index is 13.2. The average molecular weight is 625 g/mol. The van der Waals surface area contributed by atoms with Crippen molar-refractivity contribution in [1.29, 1.82) is 5.41 Å². The number of allylic oxidation sites excluding steroid dienone is 1. The summed E-state index contributed by atoms with van der Waals surface area (Å²) in [5.74, 6) is -0.164. The van der Waals surface area contributed by atoms with Crippen LogP contribution in [0.3, 0.4) is 0 Å². The Morgan fingerprint density at radius 2 is 1.74 bits per heavy atom. The normalized spacial score (nSPS) is 16.1. The average Bonchev–Trinajstić information content (AvgIpc) is 3.42. The number of rotatable bonds is 9. The Hall–Kier alpha value is -6.50. The van der Waals surface area contributed by atoms with Crippen LogP contribution in [0, 0.1) is 5.41 Å². The van der Waals surface area contributed by atoms with Gasteiger partial charge in [0.25, 0.3) is 5.91 Å². The van der Waals surface area contributed by atoms with Gasteiger partial charge in [0.1, 0.15) is 11.9 Å². The molecule has 0 aliphatic carbocycles. The Morgan fingerprint density at radius 1 is 0.915 bits per heavy atom. The van der Waals surface area contributed by atoms with Crippen molar-refractivity contribution in [3.05, 3.63) is 108 Å². The quantitative estimate of drug-likeness (QED) is 0.113. The molecule has 1 fully saturated rings. The number of fused-ring (bicyclic) bond motifs is 2. The molecule has 0 spiro atoms. The molecule has 2 aliphatic heterocycles. The molecule has 47 heavy (non-hydrogen) atoms. The van der Waals surface area contributed by atoms with Gasteiger partial charge in [0.15, 0.2) is 0 Å². The highest BCUT2D eigenvalue weighted by molar-refractivity contribution is 6.08. The topological polar surface area (TPSA) is 178 Å². The van der Waals surface area contributed by atoms with Crippen LogP contribution in [0.1, 0.15) is 34.5 Å². The summed E-state index contributed by atoms with van der Waals surface area (Å²) in [7, 11) is 0. The zero-order valence-corrected chi connectivity index (χ0v) is 24.9. The number of carbonyl (C=O) groups is 3. The van der Waals surface area contributed by atoms with E-state index in [2.05, 4.69) is 41.2 Å². The number of nitrogens with zero attached hydrogens (tertiary/aromatic N) is 5. The predicted molar refractivity (Wildman–Crippen MR) is 177 cm³/mol. The van der Waals surface area contributed by atoms with Crippen LogP contribution in [0.5, 0.6) is 0 Å². The summed E-state index contributed by atoms with van der Waals surface area (Å²) < 4.78 is 0. The van der Waals surface area contributed by atoms with Crippen molar-refractivity contribution in [2.75, 3.05) is 16.0 Å². The Labute approximate surface area is 268 Å². The van der Waals surface area contributed by atoms with Crippen molar-refractivity contribution >= 4 is 69.4 Å². The van der Waals surface area contributed by atoms with E-state index in [0.717, 1.165) is 28.0 Å². The number of anilines is 5. The van der Waals surface area contributed by atoms with E-state index in [1.807, 2.05) is 54.6 Å². The Bertz CT molecular complexity index is 2100. The van der Waals surface area contributed by atoms with E-state index in [1.165, 1.54) is 11.1 Å². The van der Waals surface area contributed by atoms with E-state index in [-0.39, 0.29) is 24.8 Å². The summed E-state index contributed by atoms with van der Waals surface area (Å²) in [5, 5.41) is 20.0. The SMILES string of the molecule is N=C/C(=C\Nc1cccc(Nc2nccc(Nc3cccc4c3CN(C3CCC(=O)NC3=O)C4=O)n2)c1)c1cnc2ccccc2n1. The Kier molecular flexibility index (Phi) is 7.76. The summed E-state index contributed by atoms with van der Waals surface area (Å²) in [6.07, 6.45) is 6.69. The zero-order chi connectivity index (χ0) is 32.3. The number of aromatic nitrogens is 4. The molecule has 1 saturated heterocycles. The van der Waals surface area contributed by atoms with Crippen molar-refractivity contribution in [3.8, 4) is 0 Å². The lowest BCUT2D eigenvalue weighted by atomic mass is 10.0. The third-order valence-corrected chi connectivity index (χ3v) is 7.91. The number of para-hydroxylation sites is 2. The third-order valence-electron chi connectivity index (χ3n) is 7.91. The molecular formula is C34H28N10O3. The summed E-state index contributed by atoms with van der Waals surface area (Å²) in [4.78, 5) is 56.8. The van der Waals surface area contributed by atoms with Gasteiger partial charge in [0, 0.05) is 65.3 Å². The van der Waals surface area contributed by atoms with Gasteiger partial charge in [-0.25, -0.2) is 9.97 Å². The Balaban J connectivity index is 1.04. The number of amides is 3. The summed E-state index contributed by atoms with van der Waals surface area (Å²) in [6, 6.07) is 21.5. The van der Waals surface area contributed by atoms with Crippen molar-refractivity contribution in [1.82, 2.24) is 30.2 Å². The van der Waals surface area contributed by atoms with Gasteiger partial charge < -0.3 is 26.3 Å². The standard InChI is InChI=1S/C34H28N10O3/c35-16-20(28-18-38-26-8-1-2-9-27(26)40-28)17-37-21-5-3-6-22(15-21)39-34-36-14-13-30(42-34)41-25-10-4-7-23-24(25)19-44(33(23)47)29-11-12-31(45)43-32(29)46/h1-10,13-18,29,35,37H,11-12,19H2,(H,43,45,46)(H2,36,39,41,42)/b20-17+,35-16?. The van der Waals surface area contributed by atoms with E-state index >= 15 is 0 Å². The zero-order valence-electron chi connectivity index (χ0n) is 24.9. The second-order valence-corrected chi connectivity index (χ2v) is 11.0. The fraction of sp³-hybridized carbons (Fsp3) is 0.118. The van der Waals surface area contributed by atoms with E-state index in [4.69, 9.17) is 5.41 Å². The van der Waals surface area contributed by atoms with Crippen LogP contribution in [0.25, 0.3) is 16.6 Å². The van der Waals surface area contributed by atoms with Crippen molar-refractivity contribution in [3.63, 3.8) is 0 Å². The lowest BCUT2D eigenvalue weighted by Gasteiger charge is -2.29. The van der Waals surface area contributed by atoms with Gasteiger partial charge in [-0.15, -0.1) is 0 Å². The van der Waals surface area contributed by atoms with Crippen LogP contribution < -0.4 is 21.3 Å². The molecule has 2 aliphatic rings. The first-order chi connectivity index (χ1) is 22.9. The van der Waals surface area contributed by atoms with Crippen LogP contribution in [0.2, 0.25) is 0 Å². The smallest absolute Gasteiger partial charge is 0.255 e. The molecule has 7 rings (SSSR count). The number of hydrogen-bond acceptors (Lipinski definition) is 11. The minimum absolute atomic E-state index is 0.194. The second-order valence-electron chi connectivity index (χ2n) is 11.0. The van der Waals surface area contributed by atoms with Crippen LogP contribution >= 0.6 is 0 Å². The number of hydrogen-bond donors (Lipinski definition) is 5. The fourth-order valence-corrected chi connectivity index (χ4v) is 5.59. The minimum Gasteiger partial charge on any atom is -0.361 e. The van der Waals surface area contributed by atoms with Gasteiger partial charge >= 0.3 is 0 Å². The first kappa shape index (κ1) is 29.2. The van der Waals surface area contributed by atoms with E-state index < -0.39 is 11.9 Å². The van der Waals surface area contributed by atoms with Gasteiger partial charge in [-0.2, -0.15) is 4.98 Å². The van der Waals surface area contributed by atoms with Crippen LogP contribution in [0.15, 0.2) is 91.4 Å². The molecule has 0 bridgehead atoms. The number of nitrogens with one attached hydrogen (secondary N) is 5. The second kappa shape index (κ2) is 12.5. The predicted octanol–water partition coefficient (Wildman–Crippen LogP) is 4.77. The molecule has 0 saturated carbocycles. The van der Waals surface area contributed by atoms with Gasteiger partial charge in [-0.1, -0.05) is 24.3 Å². The van der Waals surface area contributed by atoms with E-state index in [1.54, 1.807) is 36.8 Å². The van der Waals surface area contributed by atoms with Gasteiger partial charge in [-0.3, -0.25) is 24.7 Å². The molecule has 232 valence electrons. The van der Waals surface area contributed by atoms with Crippen LogP contribution in [-0.2, 0) is 16.1 Å². The monoisotopic (exact) mass is 624 g/mol. The first-order valence-corrected chi connectivity index (χ1v) is 14.9. The molecule has 13 nitrogen and oxygen atoms in total. The maximum absolute atomic E-state index is 13.2. The number of piperidine rings is 1. The molecule has 3 aromatic carbocycles. The molecule has 1 atom stereocenters. The third kappa shape index (κ3) is 6.09. The van der Waals surface area contributed by atoms with Crippen molar-refractivity contribution < 1.29 is 14.4 Å². The molecule has 5 N–H and O–H groups in total. The summed E-state index contributed by atoms with van der Waals surface area (Å²) >= 11 is 0. The largest absolute Gasteiger partial charge is 0.361 e. The van der Waals surface area contributed by atoms with Crippen molar-refractivity contribution in [2.45, 2.75) is 25.4 Å². The van der Waals surface area contributed by atoms with Crippen LogP contribution in [0.4, 0.5) is 28.8 Å². The Morgan fingerprint density at radius 3 is 2.60 bits per heavy atom. The minimum atomic E-state index is -0.694. The highest BCUT2D eigenvalue weighted by Crippen LogP contribution is 2.33. The highest BCUT2D eigenvalue weighted by atomic mass is 16.2. The lowest BCUT2D eigenvalue weighted by Crippen LogP contribution is -2.52. The van der Waals surface area contributed by atoms with Gasteiger partial charge in [0.2, 0.25) is 17.8 Å². The maximum Gasteiger partial charge on any atom is 0.255 e. The molecule has 13 heteroatoms. The molecule has 0 radical (unpaired) electrons. The molecular weight excluding hydrogens is 596 g/mol.